The third-order valence-electron chi connectivity index (χ3n) is 4.47. The van der Waals surface area contributed by atoms with Gasteiger partial charge in [-0.05, 0) is 43.2 Å². The molecule has 0 heterocycles. The molecule has 0 aromatic heterocycles. The monoisotopic (exact) mass is 388 g/mol. The van der Waals surface area contributed by atoms with E-state index in [-0.39, 0.29) is 17.3 Å². The predicted octanol–water partition coefficient (Wildman–Crippen LogP) is 3.49. The van der Waals surface area contributed by atoms with Crippen molar-refractivity contribution in [3.05, 3.63) is 59.7 Å². The zero-order valence-corrected chi connectivity index (χ0v) is 17.2. The van der Waals surface area contributed by atoms with E-state index < -0.39 is 15.1 Å². The maximum atomic E-state index is 13.3. The highest BCUT2D eigenvalue weighted by Crippen LogP contribution is 2.30. The van der Waals surface area contributed by atoms with Crippen LogP contribution in [0.2, 0.25) is 0 Å². The maximum Gasteiger partial charge on any atom is 0.220 e. The Balaban J connectivity index is 2.39. The molecule has 146 valence electrons. The van der Waals surface area contributed by atoms with Gasteiger partial charge in [0.25, 0.3) is 0 Å². The summed E-state index contributed by atoms with van der Waals surface area (Å²) >= 11 is 0. The van der Waals surface area contributed by atoms with E-state index in [0.717, 1.165) is 17.7 Å². The van der Waals surface area contributed by atoms with E-state index >= 15 is 0 Å². The number of nitrogens with zero attached hydrogens (tertiary/aromatic N) is 1. The van der Waals surface area contributed by atoms with E-state index in [0.29, 0.717) is 12.0 Å². The average Bonchev–Trinajstić information content (AvgIpc) is 2.62. The quantitative estimate of drug-likeness (QED) is 0.752. The largest absolute Gasteiger partial charge is 0.378 e. The Labute approximate surface area is 162 Å². The van der Waals surface area contributed by atoms with Crippen molar-refractivity contribution in [2.45, 2.75) is 36.8 Å². The van der Waals surface area contributed by atoms with E-state index in [1.54, 1.807) is 24.3 Å². The van der Waals surface area contributed by atoms with Crippen LogP contribution in [0, 0.1) is 6.92 Å². The molecule has 0 radical (unpaired) electrons. The van der Waals surface area contributed by atoms with E-state index in [1.807, 2.05) is 57.1 Å². The second kappa shape index (κ2) is 9.04. The van der Waals surface area contributed by atoms with E-state index in [1.165, 1.54) is 0 Å². The summed E-state index contributed by atoms with van der Waals surface area (Å²) in [5.41, 5.74) is 2.65. The number of carbonyl (C=O) groups excluding carboxylic acids is 1. The molecule has 1 amide bonds. The van der Waals surface area contributed by atoms with Gasteiger partial charge in [0.15, 0.2) is 9.84 Å². The van der Waals surface area contributed by atoms with Gasteiger partial charge in [-0.1, -0.05) is 36.8 Å². The molecule has 0 bridgehead atoms. The standard InChI is InChI=1S/C21H28N2O3S/c1-5-6-21(24)22-15-20(17-9-11-18(12-10-17)23(3)4)27(25,26)19-13-7-16(2)8-14-19/h7-14,20H,5-6,15H2,1-4H3,(H,22,24)/t20-/m1/s1. The molecule has 2 aromatic rings. The van der Waals surface area contributed by atoms with Gasteiger partial charge in [-0.2, -0.15) is 0 Å². The van der Waals surface area contributed by atoms with E-state index in [2.05, 4.69) is 5.32 Å². The van der Waals surface area contributed by atoms with Crippen molar-refractivity contribution < 1.29 is 13.2 Å². The number of aryl methyl sites for hydroxylation is 1. The third kappa shape index (κ3) is 5.32. The topological polar surface area (TPSA) is 66.5 Å². The Morgan fingerprint density at radius 1 is 1.04 bits per heavy atom. The second-order valence-electron chi connectivity index (χ2n) is 6.89. The lowest BCUT2D eigenvalue weighted by Crippen LogP contribution is -2.31. The summed E-state index contributed by atoms with van der Waals surface area (Å²) in [6.45, 7) is 3.88. The van der Waals surface area contributed by atoms with Crippen LogP contribution in [0.1, 0.15) is 36.1 Å². The zero-order chi connectivity index (χ0) is 20.0. The van der Waals surface area contributed by atoms with Crippen molar-refractivity contribution in [3.63, 3.8) is 0 Å². The van der Waals surface area contributed by atoms with Crippen molar-refractivity contribution in [1.82, 2.24) is 5.32 Å². The molecule has 0 saturated carbocycles. The number of rotatable bonds is 8. The van der Waals surface area contributed by atoms with Crippen LogP contribution in [0.3, 0.4) is 0 Å². The van der Waals surface area contributed by atoms with Gasteiger partial charge in [0.1, 0.15) is 5.25 Å². The van der Waals surface area contributed by atoms with Crippen LogP contribution in [-0.4, -0.2) is 35.0 Å². The summed E-state index contributed by atoms with van der Waals surface area (Å²) in [7, 11) is 0.219. The number of hydrogen-bond donors (Lipinski definition) is 1. The Bertz CT molecular complexity index is 857. The number of amides is 1. The molecule has 5 nitrogen and oxygen atoms in total. The summed E-state index contributed by atoms with van der Waals surface area (Å²) in [6.07, 6.45) is 1.11. The van der Waals surface area contributed by atoms with Gasteiger partial charge < -0.3 is 10.2 Å². The number of anilines is 1. The fraction of sp³-hybridized carbons (Fsp3) is 0.381. The molecular formula is C21H28N2O3S. The Morgan fingerprint density at radius 2 is 1.63 bits per heavy atom. The highest BCUT2D eigenvalue weighted by Gasteiger charge is 2.29. The summed E-state index contributed by atoms with van der Waals surface area (Å²) in [5.74, 6) is -0.133. The molecule has 6 heteroatoms. The number of nitrogens with one attached hydrogen (secondary N) is 1. The Kier molecular flexibility index (Phi) is 7.02. The molecule has 2 rings (SSSR count). The first kappa shape index (κ1) is 21.0. The van der Waals surface area contributed by atoms with Gasteiger partial charge in [0.2, 0.25) is 5.91 Å². The predicted molar refractivity (Wildman–Crippen MR) is 110 cm³/mol. The lowest BCUT2D eigenvalue weighted by Gasteiger charge is -2.20. The smallest absolute Gasteiger partial charge is 0.220 e. The van der Waals surface area contributed by atoms with Gasteiger partial charge >= 0.3 is 0 Å². The first-order valence-electron chi connectivity index (χ1n) is 9.10. The first-order valence-corrected chi connectivity index (χ1v) is 10.6. The van der Waals surface area contributed by atoms with Gasteiger partial charge in [0, 0.05) is 32.7 Å². The summed E-state index contributed by atoms with van der Waals surface area (Å²) < 4.78 is 26.5. The van der Waals surface area contributed by atoms with E-state index in [9.17, 15) is 13.2 Å². The minimum Gasteiger partial charge on any atom is -0.378 e. The summed E-state index contributed by atoms with van der Waals surface area (Å²) in [4.78, 5) is 14.1. The van der Waals surface area contributed by atoms with Crippen LogP contribution in [0.15, 0.2) is 53.4 Å². The van der Waals surface area contributed by atoms with Crippen molar-refractivity contribution in [2.24, 2.45) is 0 Å². The third-order valence-corrected chi connectivity index (χ3v) is 6.58. The Hall–Kier alpha value is -2.34. The lowest BCUT2D eigenvalue weighted by atomic mass is 10.1. The number of hydrogen-bond acceptors (Lipinski definition) is 4. The van der Waals surface area contributed by atoms with Gasteiger partial charge in [-0.3, -0.25) is 4.79 Å². The van der Waals surface area contributed by atoms with Crippen LogP contribution in [-0.2, 0) is 14.6 Å². The van der Waals surface area contributed by atoms with Crippen LogP contribution in [0.5, 0.6) is 0 Å². The molecule has 0 saturated heterocycles. The van der Waals surface area contributed by atoms with Crippen molar-refractivity contribution in [1.29, 1.82) is 0 Å². The molecule has 0 aliphatic heterocycles. The lowest BCUT2D eigenvalue weighted by molar-refractivity contribution is -0.121. The number of benzene rings is 2. The summed E-state index contributed by atoms with van der Waals surface area (Å²) in [6, 6.07) is 14.2. The minimum absolute atomic E-state index is 0.0519. The molecule has 0 unspecified atom stereocenters. The fourth-order valence-electron chi connectivity index (χ4n) is 2.81. The normalized spacial score (nSPS) is 12.4. The molecule has 1 N–H and O–H groups in total. The molecule has 27 heavy (non-hydrogen) atoms. The van der Waals surface area contributed by atoms with Gasteiger partial charge in [-0.25, -0.2) is 8.42 Å². The minimum atomic E-state index is -3.64. The fourth-order valence-corrected chi connectivity index (χ4v) is 4.47. The molecule has 2 aromatic carbocycles. The first-order chi connectivity index (χ1) is 12.8. The number of sulfone groups is 1. The second-order valence-corrected chi connectivity index (χ2v) is 9.02. The van der Waals surface area contributed by atoms with Crippen LogP contribution >= 0.6 is 0 Å². The van der Waals surface area contributed by atoms with Crippen LogP contribution in [0.4, 0.5) is 5.69 Å². The van der Waals surface area contributed by atoms with Crippen molar-refractivity contribution in [3.8, 4) is 0 Å². The van der Waals surface area contributed by atoms with Gasteiger partial charge in [-0.15, -0.1) is 0 Å². The highest BCUT2D eigenvalue weighted by molar-refractivity contribution is 7.91. The summed E-state index contributed by atoms with van der Waals surface area (Å²) in [5, 5.41) is 1.94. The Morgan fingerprint density at radius 3 is 2.15 bits per heavy atom. The van der Waals surface area contributed by atoms with Crippen LogP contribution in [0.25, 0.3) is 0 Å². The molecule has 0 spiro atoms. The molecular weight excluding hydrogens is 360 g/mol. The number of carbonyl (C=O) groups is 1. The van der Waals surface area contributed by atoms with Crippen molar-refractivity contribution in [2.75, 3.05) is 25.5 Å². The SMILES string of the molecule is CCCC(=O)NC[C@H](c1ccc(N(C)C)cc1)S(=O)(=O)c1ccc(C)cc1. The zero-order valence-electron chi connectivity index (χ0n) is 16.4. The van der Waals surface area contributed by atoms with Crippen LogP contribution < -0.4 is 10.2 Å². The average molecular weight is 389 g/mol. The van der Waals surface area contributed by atoms with Crippen molar-refractivity contribution >= 4 is 21.4 Å². The molecule has 0 aliphatic carbocycles. The maximum absolute atomic E-state index is 13.3. The molecule has 1 atom stereocenters. The van der Waals surface area contributed by atoms with E-state index in [4.69, 9.17) is 0 Å². The molecule has 0 fully saturated rings. The molecule has 0 aliphatic rings. The highest BCUT2D eigenvalue weighted by atomic mass is 32.2. The van der Waals surface area contributed by atoms with Gasteiger partial charge in [0.05, 0.1) is 4.90 Å².